The zero-order chi connectivity index (χ0) is 23.2. The molecule has 13 nitrogen and oxygen atoms in total. The largest absolute Gasteiger partial charge is 0.481 e. The van der Waals surface area contributed by atoms with Gasteiger partial charge in [-0.1, -0.05) is 26.2 Å². The average Bonchev–Trinajstić information content (AvgIpc) is 2.93. The molecule has 0 radical (unpaired) electrons. The third kappa shape index (κ3) is 8.34. The number of hydrogen-bond acceptors (Lipinski definition) is 10. The van der Waals surface area contributed by atoms with Crippen molar-refractivity contribution in [1.82, 2.24) is 9.55 Å². The van der Waals surface area contributed by atoms with E-state index < -0.39 is 52.5 Å². The maximum Gasteiger partial charge on any atom is 0.481 e. The molecule has 16 heteroatoms. The summed E-state index contributed by atoms with van der Waals surface area (Å²) >= 11 is 1.42. The number of unbranched alkanes of at least 4 members (excludes halogenated alkanes) is 3. The van der Waals surface area contributed by atoms with Crippen molar-refractivity contribution >= 4 is 27.4 Å². The Morgan fingerprint density at radius 1 is 1.19 bits per heavy atom. The number of phosphoric ester groups is 1. The summed E-state index contributed by atoms with van der Waals surface area (Å²) in [4.78, 5) is 42.7. The summed E-state index contributed by atoms with van der Waals surface area (Å²) in [5.74, 6) is 0.801. The lowest BCUT2D eigenvalue weighted by atomic mass is 10.1. The molecule has 1 saturated heterocycles. The molecule has 31 heavy (non-hydrogen) atoms. The molecule has 0 saturated carbocycles. The van der Waals surface area contributed by atoms with Crippen LogP contribution >= 0.6 is 27.4 Å². The lowest BCUT2D eigenvalue weighted by Gasteiger charge is -2.18. The zero-order valence-corrected chi connectivity index (χ0v) is 19.2. The van der Waals surface area contributed by atoms with Crippen LogP contribution < -0.4 is 5.69 Å². The molecular formula is C15H26N2O11P2S. The minimum atomic E-state index is -5.31. The topological polar surface area (TPSA) is 198 Å². The van der Waals surface area contributed by atoms with Crippen LogP contribution in [0.5, 0.6) is 0 Å². The molecule has 1 aliphatic heterocycles. The SMILES string of the molecule is CCCCCCSc1ccn([C@@H]2O[C@H](COP(=O)(O)OP(=O)(O)O)[C@@H](O)[C@H]2O)c(=O)n1. The lowest BCUT2D eigenvalue weighted by Crippen LogP contribution is -2.36. The molecule has 5 N–H and O–H groups in total. The first-order valence-electron chi connectivity index (χ1n) is 9.41. The summed E-state index contributed by atoms with van der Waals surface area (Å²) in [7, 11) is -10.5. The van der Waals surface area contributed by atoms with Crippen LogP contribution in [0.25, 0.3) is 0 Å². The predicted octanol–water partition coefficient (Wildman–Crippen LogP) is 0.761. The Bertz CT molecular complexity index is 879. The molecule has 178 valence electrons. The van der Waals surface area contributed by atoms with E-state index in [0.717, 1.165) is 36.0 Å². The number of rotatable bonds is 12. The van der Waals surface area contributed by atoms with Crippen molar-refractivity contribution in [2.45, 2.75) is 62.2 Å². The van der Waals surface area contributed by atoms with Gasteiger partial charge in [0.05, 0.1) is 6.61 Å². The van der Waals surface area contributed by atoms with Crippen molar-refractivity contribution in [2.24, 2.45) is 0 Å². The second kappa shape index (κ2) is 11.5. The highest BCUT2D eigenvalue weighted by Gasteiger charge is 2.45. The molecule has 0 aromatic carbocycles. The molecular weight excluding hydrogens is 478 g/mol. The van der Waals surface area contributed by atoms with E-state index in [1.54, 1.807) is 6.07 Å². The fraction of sp³-hybridized carbons (Fsp3) is 0.733. The quantitative estimate of drug-likeness (QED) is 0.116. The number of ether oxygens (including phenoxy) is 1. The minimum Gasteiger partial charge on any atom is -0.387 e. The summed E-state index contributed by atoms with van der Waals surface area (Å²) in [6.07, 6.45) is -0.286. The van der Waals surface area contributed by atoms with Gasteiger partial charge in [-0.3, -0.25) is 9.09 Å². The number of thioether (sulfide) groups is 1. The summed E-state index contributed by atoms with van der Waals surface area (Å²) in [6, 6.07) is 1.56. The Labute approximate surface area is 182 Å². The van der Waals surface area contributed by atoms with E-state index in [1.807, 2.05) is 0 Å². The second-order valence-corrected chi connectivity index (χ2v) is 10.7. The van der Waals surface area contributed by atoms with Gasteiger partial charge in [0.2, 0.25) is 0 Å². The van der Waals surface area contributed by atoms with E-state index in [0.29, 0.717) is 5.03 Å². The third-order valence-electron chi connectivity index (χ3n) is 4.28. The molecule has 1 aromatic heterocycles. The normalized spacial score (nSPS) is 26.1. The standard InChI is InChI=1S/C15H26N2O11P2S/c1-2-3-4-5-8-31-11-6-7-17(15(20)16-11)14-13(19)12(18)10(27-14)9-26-30(24,25)28-29(21,22)23/h6-7,10,12-14,18-19H,2-5,8-9H2,1H3,(H,24,25)(H2,21,22,23)/t10-,12-,13-,14-/m1/s1. The van der Waals surface area contributed by atoms with Crippen LogP contribution in [0.4, 0.5) is 0 Å². The first-order chi connectivity index (χ1) is 14.4. The zero-order valence-electron chi connectivity index (χ0n) is 16.6. The maximum atomic E-state index is 12.3. The van der Waals surface area contributed by atoms with Crippen molar-refractivity contribution < 1.29 is 47.6 Å². The van der Waals surface area contributed by atoms with Crippen molar-refractivity contribution in [3.63, 3.8) is 0 Å². The van der Waals surface area contributed by atoms with E-state index in [-0.39, 0.29) is 0 Å². The number of aliphatic hydroxyl groups is 2. The van der Waals surface area contributed by atoms with Crippen LogP contribution in [-0.4, -0.2) is 65.1 Å². The van der Waals surface area contributed by atoms with Crippen molar-refractivity contribution in [1.29, 1.82) is 0 Å². The number of aromatic nitrogens is 2. The highest BCUT2D eigenvalue weighted by atomic mass is 32.2. The highest BCUT2D eigenvalue weighted by Crippen LogP contribution is 2.57. The van der Waals surface area contributed by atoms with Crippen LogP contribution in [0.3, 0.4) is 0 Å². The van der Waals surface area contributed by atoms with Gasteiger partial charge in [0.25, 0.3) is 0 Å². The second-order valence-electron chi connectivity index (χ2n) is 6.75. The van der Waals surface area contributed by atoms with Gasteiger partial charge < -0.3 is 29.6 Å². The number of hydrogen-bond donors (Lipinski definition) is 5. The van der Waals surface area contributed by atoms with Gasteiger partial charge >= 0.3 is 21.3 Å². The van der Waals surface area contributed by atoms with E-state index in [9.17, 15) is 29.0 Å². The van der Waals surface area contributed by atoms with Crippen LogP contribution in [-0.2, 0) is 22.7 Å². The third-order valence-corrected chi connectivity index (χ3v) is 7.44. The Morgan fingerprint density at radius 3 is 2.52 bits per heavy atom. The molecule has 5 atom stereocenters. The number of nitrogens with zero attached hydrogens (tertiary/aromatic N) is 2. The van der Waals surface area contributed by atoms with Crippen LogP contribution in [0, 0.1) is 0 Å². The fourth-order valence-corrected chi connectivity index (χ4v) is 5.26. The predicted molar refractivity (Wildman–Crippen MR) is 108 cm³/mol. The Balaban J connectivity index is 1.98. The van der Waals surface area contributed by atoms with Crippen molar-refractivity contribution in [2.75, 3.05) is 12.4 Å². The molecule has 1 aliphatic rings. The molecule has 0 aliphatic carbocycles. The number of aliphatic hydroxyl groups excluding tert-OH is 2. The molecule has 0 spiro atoms. The number of phosphoric acid groups is 2. The summed E-state index contributed by atoms with van der Waals surface area (Å²) in [5, 5.41) is 20.8. The summed E-state index contributed by atoms with van der Waals surface area (Å²) < 4.78 is 36.5. The van der Waals surface area contributed by atoms with Gasteiger partial charge in [0, 0.05) is 6.20 Å². The van der Waals surface area contributed by atoms with Gasteiger partial charge in [-0.05, 0) is 18.2 Å². The average molecular weight is 504 g/mol. The minimum absolute atomic E-state index is 0.501. The Kier molecular flexibility index (Phi) is 9.86. The van der Waals surface area contributed by atoms with Crippen LogP contribution in [0.1, 0.15) is 38.8 Å². The van der Waals surface area contributed by atoms with Gasteiger partial charge in [-0.15, -0.1) is 11.8 Å². The molecule has 0 bridgehead atoms. The lowest BCUT2D eigenvalue weighted by molar-refractivity contribution is -0.0543. The summed E-state index contributed by atoms with van der Waals surface area (Å²) in [6.45, 7) is 1.26. The van der Waals surface area contributed by atoms with Crippen LogP contribution in [0.15, 0.2) is 22.1 Å². The van der Waals surface area contributed by atoms with Crippen molar-refractivity contribution in [3.8, 4) is 0 Å². The fourth-order valence-electron chi connectivity index (χ4n) is 2.80. The molecule has 1 unspecified atom stereocenters. The van der Waals surface area contributed by atoms with E-state index in [4.69, 9.17) is 14.5 Å². The molecule has 1 aromatic rings. The van der Waals surface area contributed by atoms with Gasteiger partial charge in [-0.2, -0.15) is 9.29 Å². The molecule has 2 heterocycles. The maximum absolute atomic E-state index is 12.3. The van der Waals surface area contributed by atoms with Crippen molar-refractivity contribution in [3.05, 3.63) is 22.7 Å². The van der Waals surface area contributed by atoms with Gasteiger partial charge in [-0.25, -0.2) is 13.9 Å². The summed E-state index contributed by atoms with van der Waals surface area (Å²) in [5.41, 5.74) is -0.728. The highest BCUT2D eigenvalue weighted by molar-refractivity contribution is 7.99. The monoisotopic (exact) mass is 504 g/mol. The molecule has 1 fully saturated rings. The van der Waals surface area contributed by atoms with Gasteiger partial charge in [0.15, 0.2) is 6.23 Å². The van der Waals surface area contributed by atoms with Gasteiger partial charge in [0.1, 0.15) is 23.3 Å². The van der Waals surface area contributed by atoms with E-state index in [1.165, 1.54) is 18.0 Å². The van der Waals surface area contributed by atoms with Crippen LogP contribution in [0.2, 0.25) is 0 Å². The Morgan fingerprint density at radius 2 is 1.90 bits per heavy atom. The first-order valence-corrected chi connectivity index (χ1v) is 13.4. The first kappa shape index (κ1) is 26.6. The smallest absolute Gasteiger partial charge is 0.387 e. The Hall–Kier alpha value is -0.630. The molecule has 0 amide bonds. The van der Waals surface area contributed by atoms with E-state index >= 15 is 0 Å². The molecule has 2 rings (SSSR count). The van der Waals surface area contributed by atoms with E-state index in [2.05, 4.69) is 20.7 Å².